The molecule has 0 aliphatic rings. The number of amides is 1. The van der Waals surface area contributed by atoms with Crippen molar-refractivity contribution < 1.29 is 22.7 Å². The number of hydrogen-bond donors (Lipinski definition) is 1. The molecule has 130 valence electrons. The number of alkyl halides is 3. The van der Waals surface area contributed by atoms with Gasteiger partial charge in [0.25, 0.3) is 0 Å². The number of hydrogen-bond acceptors (Lipinski definition) is 5. The molecule has 0 unspecified atom stereocenters. The Labute approximate surface area is 135 Å². The highest BCUT2D eigenvalue weighted by Crippen LogP contribution is 2.14. The van der Waals surface area contributed by atoms with Gasteiger partial charge in [-0.1, -0.05) is 30.3 Å². The monoisotopic (exact) mass is 343 g/mol. The molecule has 7 nitrogen and oxygen atoms in total. The Morgan fingerprint density at radius 2 is 2.00 bits per heavy atom. The molecule has 2 rings (SSSR count). The van der Waals surface area contributed by atoms with Crippen LogP contribution in [0.25, 0.3) is 11.4 Å². The van der Waals surface area contributed by atoms with Crippen molar-refractivity contribution in [3.05, 3.63) is 30.3 Å². The predicted molar refractivity (Wildman–Crippen MR) is 77.8 cm³/mol. The fourth-order valence-corrected chi connectivity index (χ4v) is 1.79. The van der Waals surface area contributed by atoms with E-state index in [0.29, 0.717) is 5.82 Å². The van der Waals surface area contributed by atoms with Crippen molar-refractivity contribution in [3.8, 4) is 11.4 Å². The lowest BCUT2D eigenvalue weighted by atomic mass is 10.2. The number of rotatable bonds is 8. The van der Waals surface area contributed by atoms with Crippen LogP contribution in [0.2, 0.25) is 0 Å². The van der Waals surface area contributed by atoms with Gasteiger partial charge in [0, 0.05) is 18.7 Å². The lowest BCUT2D eigenvalue weighted by Crippen LogP contribution is -2.30. The summed E-state index contributed by atoms with van der Waals surface area (Å²) in [6, 6.07) is 9.18. The van der Waals surface area contributed by atoms with Crippen molar-refractivity contribution in [2.75, 3.05) is 19.8 Å². The Morgan fingerprint density at radius 3 is 2.71 bits per heavy atom. The number of halogens is 3. The van der Waals surface area contributed by atoms with Gasteiger partial charge in [0.15, 0.2) is 0 Å². The molecule has 0 atom stereocenters. The van der Waals surface area contributed by atoms with Gasteiger partial charge < -0.3 is 10.1 Å². The van der Waals surface area contributed by atoms with Gasteiger partial charge in [-0.05, 0) is 11.6 Å². The van der Waals surface area contributed by atoms with E-state index in [4.69, 9.17) is 0 Å². The van der Waals surface area contributed by atoms with Crippen molar-refractivity contribution >= 4 is 5.91 Å². The van der Waals surface area contributed by atoms with E-state index >= 15 is 0 Å². The van der Waals surface area contributed by atoms with Gasteiger partial charge in [0.05, 0.1) is 0 Å². The van der Waals surface area contributed by atoms with Crippen LogP contribution in [-0.4, -0.2) is 52.0 Å². The van der Waals surface area contributed by atoms with Gasteiger partial charge in [-0.3, -0.25) is 4.79 Å². The average molecular weight is 343 g/mol. The Bertz CT molecular complexity index is 645. The Kier molecular flexibility index (Phi) is 6.24. The molecular weight excluding hydrogens is 327 g/mol. The molecule has 0 bridgehead atoms. The molecule has 0 aliphatic heterocycles. The first kappa shape index (κ1) is 17.9. The molecule has 0 saturated carbocycles. The van der Waals surface area contributed by atoms with Crippen LogP contribution in [0.5, 0.6) is 0 Å². The number of carbonyl (C=O) groups is 1. The van der Waals surface area contributed by atoms with Crippen LogP contribution in [0, 0.1) is 0 Å². The number of nitrogens with zero attached hydrogens (tertiary/aromatic N) is 4. The van der Waals surface area contributed by atoms with Crippen molar-refractivity contribution in [3.63, 3.8) is 0 Å². The number of benzene rings is 1. The van der Waals surface area contributed by atoms with E-state index in [9.17, 15) is 18.0 Å². The highest BCUT2D eigenvalue weighted by atomic mass is 19.4. The third-order valence-corrected chi connectivity index (χ3v) is 2.82. The van der Waals surface area contributed by atoms with Crippen LogP contribution in [0.1, 0.15) is 6.42 Å². The molecule has 1 aromatic carbocycles. The molecule has 24 heavy (non-hydrogen) atoms. The largest absolute Gasteiger partial charge is 0.411 e. The van der Waals surface area contributed by atoms with Gasteiger partial charge in [-0.2, -0.15) is 18.0 Å². The molecule has 1 aromatic heterocycles. The summed E-state index contributed by atoms with van der Waals surface area (Å²) in [7, 11) is 0. The first-order valence-electron chi connectivity index (χ1n) is 7.18. The third-order valence-electron chi connectivity index (χ3n) is 2.82. The molecule has 1 amide bonds. The standard InChI is InChI=1S/C14H16F3N5O2/c15-14(16,17)10-24-8-4-7-18-12(23)9-22-20-13(19-21-22)11-5-2-1-3-6-11/h1-3,5-6H,4,7-10H2,(H,18,23). The summed E-state index contributed by atoms with van der Waals surface area (Å²) < 4.78 is 40.0. The summed E-state index contributed by atoms with van der Waals surface area (Å²) in [5.41, 5.74) is 0.783. The SMILES string of the molecule is O=C(Cn1nnc(-c2ccccc2)n1)NCCCOCC(F)(F)F. The lowest BCUT2D eigenvalue weighted by Gasteiger charge is -2.08. The van der Waals surface area contributed by atoms with Gasteiger partial charge in [-0.15, -0.1) is 10.2 Å². The van der Waals surface area contributed by atoms with Gasteiger partial charge in [-0.25, -0.2) is 0 Å². The first-order valence-corrected chi connectivity index (χ1v) is 7.18. The van der Waals surface area contributed by atoms with E-state index in [1.54, 1.807) is 0 Å². The van der Waals surface area contributed by atoms with E-state index in [2.05, 4.69) is 25.5 Å². The van der Waals surface area contributed by atoms with Crippen molar-refractivity contribution in [1.82, 2.24) is 25.5 Å². The van der Waals surface area contributed by atoms with Crippen molar-refractivity contribution in [2.24, 2.45) is 0 Å². The van der Waals surface area contributed by atoms with Gasteiger partial charge in [0.2, 0.25) is 11.7 Å². The van der Waals surface area contributed by atoms with Crippen molar-refractivity contribution in [2.45, 2.75) is 19.1 Å². The Morgan fingerprint density at radius 1 is 1.25 bits per heavy atom. The molecule has 0 fully saturated rings. The number of nitrogens with one attached hydrogen (secondary N) is 1. The second-order valence-corrected chi connectivity index (χ2v) is 4.88. The van der Waals surface area contributed by atoms with Crippen LogP contribution >= 0.6 is 0 Å². The third kappa shape index (κ3) is 6.32. The zero-order valence-corrected chi connectivity index (χ0v) is 12.7. The summed E-state index contributed by atoms with van der Waals surface area (Å²) in [6.07, 6.45) is -4.06. The number of tetrazole rings is 1. The lowest BCUT2D eigenvalue weighted by molar-refractivity contribution is -0.174. The topological polar surface area (TPSA) is 81.9 Å². The normalized spacial score (nSPS) is 11.5. The number of aromatic nitrogens is 4. The summed E-state index contributed by atoms with van der Waals surface area (Å²) in [5, 5.41) is 14.3. The maximum Gasteiger partial charge on any atom is 0.411 e. The molecule has 10 heteroatoms. The summed E-state index contributed by atoms with van der Waals surface area (Å²) in [5.74, 6) is 0.0479. The maximum absolute atomic E-state index is 11.8. The Balaban J connectivity index is 1.67. The maximum atomic E-state index is 11.8. The smallest absolute Gasteiger partial charge is 0.372 e. The van der Waals surface area contributed by atoms with E-state index in [-0.39, 0.29) is 32.0 Å². The highest BCUT2D eigenvalue weighted by Gasteiger charge is 2.27. The minimum Gasteiger partial charge on any atom is -0.372 e. The molecular formula is C14H16F3N5O2. The molecule has 0 radical (unpaired) electrons. The van der Waals surface area contributed by atoms with Crippen LogP contribution in [0.4, 0.5) is 13.2 Å². The second kappa shape index (κ2) is 8.39. The van der Waals surface area contributed by atoms with Gasteiger partial charge >= 0.3 is 6.18 Å². The molecule has 1 heterocycles. The molecule has 0 saturated heterocycles. The zero-order valence-electron chi connectivity index (χ0n) is 12.7. The van der Waals surface area contributed by atoms with Crippen LogP contribution in [0.3, 0.4) is 0 Å². The van der Waals surface area contributed by atoms with E-state index in [1.165, 1.54) is 0 Å². The van der Waals surface area contributed by atoms with E-state index in [1.807, 2.05) is 30.3 Å². The quantitative estimate of drug-likeness (QED) is 0.733. The molecule has 0 spiro atoms. The minimum absolute atomic E-state index is 0.0838. The summed E-state index contributed by atoms with van der Waals surface area (Å²) in [6.45, 7) is -1.29. The molecule has 1 N–H and O–H groups in total. The van der Waals surface area contributed by atoms with Crippen LogP contribution in [0.15, 0.2) is 30.3 Å². The average Bonchev–Trinajstić information content (AvgIpc) is 2.99. The van der Waals surface area contributed by atoms with Crippen LogP contribution < -0.4 is 5.32 Å². The summed E-state index contributed by atoms with van der Waals surface area (Å²) in [4.78, 5) is 12.8. The first-order chi connectivity index (χ1) is 11.4. The number of carbonyl (C=O) groups excluding carboxylic acids is 1. The number of ether oxygens (including phenoxy) is 1. The fraction of sp³-hybridized carbons (Fsp3) is 0.429. The summed E-state index contributed by atoms with van der Waals surface area (Å²) >= 11 is 0. The zero-order chi connectivity index (χ0) is 17.4. The molecule has 2 aromatic rings. The van der Waals surface area contributed by atoms with E-state index in [0.717, 1.165) is 10.4 Å². The molecule has 0 aliphatic carbocycles. The minimum atomic E-state index is -4.33. The predicted octanol–water partition coefficient (Wildman–Crippen LogP) is 1.43. The van der Waals surface area contributed by atoms with Crippen LogP contribution in [-0.2, 0) is 16.1 Å². The highest BCUT2D eigenvalue weighted by molar-refractivity contribution is 5.75. The van der Waals surface area contributed by atoms with Crippen molar-refractivity contribution in [1.29, 1.82) is 0 Å². The van der Waals surface area contributed by atoms with Gasteiger partial charge in [0.1, 0.15) is 13.2 Å². The second-order valence-electron chi connectivity index (χ2n) is 4.88. The Hall–Kier alpha value is -2.49. The van der Waals surface area contributed by atoms with E-state index < -0.39 is 12.8 Å². The fourth-order valence-electron chi connectivity index (χ4n) is 1.79.